The van der Waals surface area contributed by atoms with Crippen molar-refractivity contribution < 1.29 is 4.42 Å². The third-order valence-corrected chi connectivity index (χ3v) is 12.3. The lowest BCUT2D eigenvalue weighted by atomic mass is 9.53. The average Bonchev–Trinajstić information content (AvgIpc) is 3.53. The van der Waals surface area contributed by atoms with Crippen LogP contribution in [0.5, 0.6) is 0 Å². The van der Waals surface area contributed by atoms with E-state index in [-0.39, 0.29) is 0 Å². The first-order chi connectivity index (χ1) is 24.2. The lowest BCUT2D eigenvalue weighted by molar-refractivity contribution is 0.0167. The zero-order valence-corrected chi connectivity index (χ0v) is 27.8. The van der Waals surface area contributed by atoms with Gasteiger partial charge in [0.2, 0.25) is 0 Å². The second kappa shape index (κ2) is 11.8. The zero-order chi connectivity index (χ0) is 32.3. The molecule has 2 nitrogen and oxygen atoms in total. The van der Waals surface area contributed by atoms with Crippen LogP contribution in [0.2, 0.25) is 0 Å². The summed E-state index contributed by atoms with van der Waals surface area (Å²) in [6, 6.07) is 53.2. The fraction of sp³-hybridized carbons (Fsp3) is 0.234. The lowest BCUT2D eigenvalue weighted by Gasteiger charge is -2.52. The Morgan fingerprint density at radius 1 is 0.449 bits per heavy atom. The van der Waals surface area contributed by atoms with Gasteiger partial charge in [0.25, 0.3) is 0 Å². The van der Waals surface area contributed by atoms with Crippen LogP contribution in [0.1, 0.15) is 50.0 Å². The van der Waals surface area contributed by atoms with Crippen LogP contribution in [0.3, 0.4) is 0 Å². The van der Waals surface area contributed by atoms with Crippen molar-refractivity contribution in [3.63, 3.8) is 0 Å². The molecule has 3 aliphatic rings. The highest BCUT2D eigenvalue weighted by Gasteiger charge is 2.46. The maximum absolute atomic E-state index is 6.44. The highest BCUT2D eigenvalue weighted by atomic mass is 16.3. The van der Waals surface area contributed by atoms with E-state index in [2.05, 4.69) is 150 Å². The van der Waals surface area contributed by atoms with E-state index in [0.717, 1.165) is 40.5 Å². The molecule has 0 radical (unpaired) electrons. The summed E-state index contributed by atoms with van der Waals surface area (Å²) in [6.07, 6.45) is 8.54. The van der Waals surface area contributed by atoms with Crippen molar-refractivity contribution in [1.82, 2.24) is 0 Å². The molecule has 2 heteroatoms. The maximum atomic E-state index is 6.44. The predicted octanol–water partition coefficient (Wildman–Crippen LogP) is 13.3. The first-order valence-corrected chi connectivity index (χ1v) is 18.3. The van der Waals surface area contributed by atoms with E-state index in [1.54, 1.807) is 0 Å². The number of anilines is 3. The van der Waals surface area contributed by atoms with Crippen LogP contribution in [-0.2, 0) is 0 Å². The van der Waals surface area contributed by atoms with Crippen molar-refractivity contribution >= 4 is 39.0 Å². The van der Waals surface area contributed by atoms with Crippen LogP contribution in [0.15, 0.2) is 150 Å². The van der Waals surface area contributed by atoms with E-state index in [0.29, 0.717) is 5.92 Å². The largest absolute Gasteiger partial charge is 0.456 e. The Morgan fingerprint density at radius 3 is 1.90 bits per heavy atom. The van der Waals surface area contributed by atoms with Crippen LogP contribution in [0.4, 0.5) is 17.1 Å². The second-order valence-corrected chi connectivity index (χ2v) is 14.9. The molecule has 1 aromatic heterocycles. The molecule has 3 bridgehead atoms. The Labute approximate surface area is 289 Å². The van der Waals surface area contributed by atoms with Gasteiger partial charge in [-0.3, -0.25) is 0 Å². The second-order valence-electron chi connectivity index (χ2n) is 14.9. The van der Waals surface area contributed by atoms with Gasteiger partial charge in [0.15, 0.2) is 0 Å². The molecule has 0 N–H and O–H groups in total. The molecule has 0 amide bonds. The van der Waals surface area contributed by atoms with Crippen molar-refractivity contribution in [3.05, 3.63) is 151 Å². The van der Waals surface area contributed by atoms with Crippen LogP contribution < -0.4 is 4.90 Å². The van der Waals surface area contributed by atoms with Gasteiger partial charge in [-0.25, -0.2) is 0 Å². The molecule has 5 unspecified atom stereocenters. The van der Waals surface area contributed by atoms with Gasteiger partial charge in [-0.05, 0) is 126 Å². The first kappa shape index (κ1) is 28.9. The SMILES string of the molecule is c1ccc(-c2ccc(-c3ccc(N(c4ccc5c(c4)oc4ccccc45)c4ccccc4C4CC5CCC6CC5CC4C6)cc3)cc2)cc1. The molecule has 0 spiro atoms. The fourth-order valence-electron chi connectivity index (χ4n) is 9.95. The van der Waals surface area contributed by atoms with E-state index >= 15 is 0 Å². The number of hydrogen-bond donors (Lipinski definition) is 0. The molecule has 10 rings (SSSR count). The molecular formula is C47H41NO. The quantitative estimate of drug-likeness (QED) is 0.181. The van der Waals surface area contributed by atoms with E-state index in [4.69, 9.17) is 4.42 Å². The molecule has 0 aliphatic heterocycles. The van der Waals surface area contributed by atoms with Gasteiger partial charge in [0.05, 0.1) is 0 Å². The number of benzene rings is 6. The van der Waals surface area contributed by atoms with Gasteiger partial charge in [-0.15, -0.1) is 0 Å². The van der Waals surface area contributed by atoms with Crippen LogP contribution in [0, 0.1) is 23.7 Å². The van der Waals surface area contributed by atoms with Crippen molar-refractivity contribution in [2.24, 2.45) is 23.7 Å². The Balaban J connectivity index is 1.07. The van der Waals surface area contributed by atoms with Gasteiger partial charge >= 0.3 is 0 Å². The summed E-state index contributed by atoms with van der Waals surface area (Å²) in [5.41, 5.74) is 11.9. The summed E-state index contributed by atoms with van der Waals surface area (Å²) in [4.78, 5) is 2.50. The van der Waals surface area contributed by atoms with E-state index < -0.39 is 0 Å². The van der Waals surface area contributed by atoms with E-state index in [9.17, 15) is 0 Å². The molecule has 49 heavy (non-hydrogen) atoms. The van der Waals surface area contributed by atoms with E-state index in [1.165, 1.54) is 88.5 Å². The smallest absolute Gasteiger partial charge is 0.137 e. The Bertz CT molecular complexity index is 2260. The minimum atomic E-state index is 0.611. The molecule has 0 saturated heterocycles. The highest BCUT2D eigenvalue weighted by molar-refractivity contribution is 6.06. The number of hydrogen-bond acceptors (Lipinski definition) is 2. The third kappa shape index (κ3) is 5.08. The number of para-hydroxylation sites is 2. The van der Waals surface area contributed by atoms with Crippen LogP contribution >= 0.6 is 0 Å². The number of fused-ring (bicyclic) bond motifs is 5. The van der Waals surface area contributed by atoms with Crippen molar-refractivity contribution in [2.75, 3.05) is 4.90 Å². The first-order valence-electron chi connectivity index (χ1n) is 18.3. The number of furan rings is 1. The molecule has 3 saturated carbocycles. The summed E-state index contributed by atoms with van der Waals surface area (Å²) in [6.45, 7) is 0. The van der Waals surface area contributed by atoms with Gasteiger partial charge < -0.3 is 9.32 Å². The van der Waals surface area contributed by atoms with Crippen molar-refractivity contribution in [2.45, 2.75) is 44.4 Å². The third-order valence-electron chi connectivity index (χ3n) is 12.3. The number of rotatable bonds is 6. The normalized spacial score (nSPS) is 22.8. The minimum Gasteiger partial charge on any atom is -0.456 e. The molecular weight excluding hydrogens is 595 g/mol. The maximum Gasteiger partial charge on any atom is 0.137 e. The summed E-state index contributed by atoms with van der Waals surface area (Å²) in [5, 5.41) is 2.33. The molecule has 1 heterocycles. The highest BCUT2D eigenvalue weighted by Crippen LogP contribution is 2.58. The average molecular weight is 636 g/mol. The minimum absolute atomic E-state index is 0.611. The topological polar surface area (TPSA) is 16.4 Å². The van der Waals surface area contributed by atoms with Crippen LogP contribution in [0.25, 0.3) is 44.2 Å². The fourth-order valence-corrected chi connectivity index (χ4v) is 9.95. The van der Waals surface area contributed by atoms with Crippen molar-refractivity contribution in [3.8, 4) is 22.3 Å². The monoisotopic (exact) mass is 635 g/mol. The molecule has 5 atom stereocenters. The number of nitrogens with zero attached hydrogens (tertiary/aromatic N) is 1. The van der Waals surface area contributed by atoms with Gasteiger partial charge in [-0.1, -0.05) is 110 Å². The van der Waals surface area contributed by atoms with E-state index in [1.807, 2.05) is 0 Å². The van der Waals surface area contributed by atoms with Crippen LogP contribution in [-0.4, -0.2) is 0 Å². The molecule has 6 aromatic carbocycles. The summed E-state index contributed by atoms with van der Waals surface area (Å²) < 4.78 is 6.44. The standard InChI is InChI=1S/C47H41NO/c1-2-8-32(9-3-1)33-16-18-34(19-17-33)35-20-22-39(23-21-35)48(40-24-25-43-42-11-5-7-13-46(42)49-47(43)30-40)45-12-6-4-10-41(45)44-29-36-15-14-31-26-37(36)28-38(44)27-31/h1-13,16-25,30-31,36-38,44H,14-15,26-29H2. The predicted molar refractivity (Wildman–Crippen MR) is 204 cm³/mol. The van der Waals surface area contributed by atoms with Gasteiger partial charge in [0.1, 0.15) is 11.2 Å². The summed E-state index contributed by atoms with van der Waals surface area (Å²) in [5.74, 6) is 4.19. The van der Waals surface area contributed by atoms with Gasteiger partial charge in [0, 0.05) is 33.9 Å². The molecule has 7 aromatic rings. The molecule has 3 aliphatic carbocycles. The van der Waals surface area contributed by atoms with Crippen molar-refractivity contribution in [1.29, 1.82) is 0 Å². The Morgan fingerprint density at radius 2 is 1.08 bits per heavy atom. The summed E-state index contributed by atoms with van der Waals surface area (Å²) >= 11 is 0. The Hall–Kier alpha value is -5.08. The zero-order valence-electron chi connectivity index (χ0n) is 27.8. The molecule has 3 fully saturated rings. The molecule has 240 valence electrons. The lowest BCUT2D eigenvalue weighted by Crippen LogP contribution is -2.41. The van der Waals surface area contributed by atoms with Gasteiger partial charge in [-0.2, -0.15) is 0 Å². The summed E-state index contributed by atoms with van der Waals surface area (Å²) in [7, 11) is 0. The Kier molecular flexibility index (Phi) is 6.96.